The SMILES string of the molecule is C=C[C@H](CC[C@H](C=C)[C@H](O)c1ccc([N+](=O)[O-])cc1)[C@@H](O)c1ccc([N+](=O)[O-])cc1. The van der Waals surface area contributed by atoms with E-state index in [4.69, 9.17) is 0 Å². The highest BCUT2D eigenvalue weighted by atomic mass is 16.6. The number of nitrogens with zero attached hydrogens (tertiary/aromatic N) is 2. The third kappa shape index (κ3) is 5.59. The van der Waals surface area contributed by atoms with Crippen LogP contribution in [0.3, 0.4) is 0 Å². The van der Waals surface area contributed by atoms with Crippen LogP contribution in [0.4, 0.5) is 11.4 Å². The van der Waals surface area contributed by atoms with Gasteiger partial charge in [-0.1, -0.05) is 12.2 Å². The molecule has 0 saturated heterocycles. The molecule has 0 fully saturated rings. The second-order valence-corrected chi connectivity index (χ2v) is 6.96. The maximum atomic E-state index is 10.8. The van der Waals surface area contributed by atoms with Gasteiger partial charge in [-0.3, -0.25) is 20.2 Å². The Morgan fingerprint density at radius 3 is 1.27 bits per heavy atom. The molecule has 2 N–H and O–H groups in total. The van der Waals surface area contributed by atoms with Crippen LogP contribution in [0.5, 0.6) is 0 Å². The number of nitro groups is 2. The second kappa shape index (κ2) is 10.4. The summed E-state index contributed by atoms with van der Waals surface area (Å²) in [6.45, 7) is 7.53. The van der Waals surface area contributed by atoms with Gasteiger partial charge in [-0.05, 0) is 48.2 Å². The first kappa shape index (κ1) is 22.9. The molecular weight excluding hydrogens is 388 g/mol. The lowest BCUT2D eigenvalue weighted by Crippen LogP contribution is -2.15. The minimum Gasteiger partial charge on any atom is -0.388 e. The molecule has 0 radical (unpaired) electrons. The normalized spacial score (nSPS) is 14.9. The molecule has 0 aliphatic heterocycles. The topological polar surface area (TPSA) is 127 Å². The lowest BCUT2D eigenvalue weighted by atomic mass is 9.85. The van der Waals surface area contributed by atoms with Crippen molar-refractivity contribution in [3.05, 3.63) is 105 Å². The number of benzene rings is 2. The molecule has 158 valence electrons. The van der Waals surface area contributed by atoms with Crippen LogP contribution < -0.4 is 0 Å². The maximum Gasteiger partial charge on any atom is 0.269 e. The monoisotopic (exact) mass is 412 g/mol. The molecule has 8 nitrogen and oxygen atoms in total. The Labute approximate surface area is 174 Å². The molecule has 8 heteroatoms. The van der Waals surface area contributed by atoms with E-state index in [0.29, 0.717) is 24.0 Å². The highest BCUT2D eigenvalue weighted by Crippen LogP contribution is 2.33. The Kier molecular flexibility index (Phi) is 7.97. The van der Waals surface area contributed by atoms with Crippen LogP contribution in [0.2, 0.25) is 0 Å². The van der Waals surface area contributed by atoms with Crippen LogP contribution in [0.25, 0.3) is 0 Å². The lowest BCUT2D eigenvalue weighted by Gasteiger charge is -2.24. The van der Waals surface area contributed by atoms with E-state index in [9.17, 15) is 30.4 Å². The summed E-state index contributed by atoms with van der Waals surface area (Å²) in [5.41, 5.74) is 0.964. The van der Waals surface area contributed by atoms with Crippen molar-refractivity contribution in [2.45, 2.75) is 25.0 Å². The van der Waals surface area contributed by atoms with Gasteiger partial charge in [0, 0.05) is 36.1 Å². The molecule has 0 amide bonds. The molecule has 30 heavy (non-hydrogen) atoms. The number of nitro benzene ring substituents is 2. The van der Waals surface area contributed by atoms with E-state index in [1.807, 2.05) is 0 Å². The minimum atomic E-state index is -0.898. The van der Waals surface area contributed by atoms with Crippen molar-refractivity contribution in [2.75, 3.05) is 0 Å². The maximum absolute atomic E-state index is 10.8. The molecule has 0 heterocycles. The molecule has 2 aromatic carbocycles. The van der Waals surface area contributed by atoms with Gasteiger partial charge in [-0.15, -0.1) is 13.2 Å². The third-order valence-corrected chi connectivity index (χ3v) is 5.14. The molecule has 2 aromatic rings. The molecule has 0 saturated carbocycles. The van der Waals surface area contributed by atoms with E-state index in [1.165, 1.54) is 48.5 Å². The van der Waals surface area contributed by atoms with E-state index >= 15 is 0 Å². The van der Waals surface area contributed by atoms with Gasteiger partial charge in [0.1, 0.15) is 0 Å². The third-order valence-electron chi connectivity index (χ3n) is 5.14. The van der Waals surface area contributed by atoms with Crippen molar-refractivity contribution in [1.82, 2.24) is 0 Å². The van der Waals surface area contributed by atoms with Crippen molar-refractivity contribution in [3.63, 3.8) is 0 Å². The lowest BCUT2D eigenvalue weighted by molar-refractivity contribution is -0.385. The van der Waals surface area contributed by atoms with Crippen molar-refractivity contribution >= 4 is 11.4 Å². The van der Waals surface area contributed by atoms with Crippen molar-refractivity contribution in [1.29, 1.82) is 0 Å². The van der Waals surface area contributed by atoms with Crippen LogP contribution in [-0.4, -0.2) is 20.1 Å². The fourth-order valence-electron chi connectivity index (χ4n) is 3.27. The Morgan fingerprint density at radius 1 is 0.733 bits per heavy atom. The Bertz CT molecular complexity index is 819. The summed E-state index contributed by atoms with van der Waals surface area (Å²) in [4.78, 5) is 20.5. The van der Waals surface area contributed by atoms with E-state index in [2.05, 4.69) is 13.2 Å². The Morgan fingerprint density at radius 2 is 1.03 bits per heavy atom. The molecule has 0 aromatic heterocycles. The molecule has 0 bridgehead atoms. The van der Waals surface area contributed by atoms with Crippen molar-refractivity contribution < 1.29 is 20.1 Å². The van der Waals surface area contributed by atoms with Gasteiger partial charge in [0.15, 0.2) is 0 Å². The molecule has 4 atom stereocenters. The van der Waals surface area contributed by atoms with E-state index in [-0.39, 0.29) is 23.2 Å². The van der Waals surface area contributed by atoms with E-state index in [0.717, 1.165) is 0 Å². The predicted octanol–water partition coefficient (Wildman–Crippen LogP) is 4.65. The average molecular weight is 412 g/mol. The zero-order valence-electron chi connectivity index (χ0n) is 16.3. The standard InChI is InChI=1S/C22H24N2O6/c1-3-15(21(25)17-7-11-19(12-8-17)23(27)28)5-6-16(4-2)22(26)18-9-13-20(14-10-18)24(29)30/h3-4,7-16,21-22,25-26H,1-2,5-6H2/t15-,16+,21-,22+. The van der Waals surface area contributed by atoms with Gasteiger partial charge >= 0.3 is 0 Å². The number of hydrogen-bond acceptors (Lipinski definition) is 6. The number of aliphatic hydroxyl groups excluding tert-OH is 2. The van der Waals surface area contributed by atoms with Gasteiger partial charge in [-0.2, -0.15) is 0 Å². The summed E-state index contributed by atoms with van der Waals surface area (Å²) in [5, 5.41) is 42.8. The average Bonchev–Trinajstić information content (AvgIpc) is 2.76. The first-order valence-corrected chi connectivity index (χ1v) is 9.38. The van der Waals surface area contributed by atoms with Crippen LogP contribution in [0.15, 0.2) is 73.8 Å². The summed E-state index contributed by atoms with van der Waals surface area (Å²) in [6, 6.07) is 11.4. The highest BCUT2D eigenvalue weighted by Gasteiger charge is 2.24. The second-order valence-electron chi connectivity index (χ2n) is 6.96. The summed E-state index contributed by atoms with van der Waals surface area (Å²) < 4.78 is 0. The summed E-state index contributed by atoms with van der Waals surface area (Å²) in [5.74, 6) is -0.670. The van der Waals surface area contributed by atoms with Crippen molar-refractivity contribution in [2.24, 2.45) is 11.8 Å². The number of hydrogen-bond donors (Lipinski definition) is 2. The van der Waals surface area contributed by atoms with Gasteiger partial charge in [0.25, 0.3) is 11.4 Å². The van der Waals surface area contributed by atoms with Gasteiger partial charge in [0.2, 0.25) is 0 Å². The predicted molar refractivity (Wildman–Crippen MR) is 113 cm³/mol. The minimum absolute atomic E-state index is 0.0564. The van der Waals surface area contributed by atoms with Crippen molar-refractivity contribution in [3.8, 4) is 0 Å². The number of non-ortho nitro benzene ring substituents is 2. The molecule has 2 rings (SSSR count). The summed E-state index contributed by atoms with van der Waals surface area (Å²) in [7, 11) is 0. The number of rotatable bonds is 11. The smallest absolute Gasteiger partial charge is 0.269 e. The largest absolute Gasteiger partial charge is 0.388 e. The molecule has 0 aliphatic carbocycles. The Balaban J connectivity index is 2.05. The molecular formula is C22H24N2O6. The Hall–Kier alpha value is -3.36. The van der Waals surface area contributed by atoms with E-state index < -0.39 is 22.1 Å². The fraction of sp³-hybridized carbons (Fsp3) is 0.273. The van der Waals surface area contributed by atoms with Gasteiger partial charge in [-0.25, -0.2) is 0 Å². The fourth-order valence-corrected chi connectivity index (χ4v) is 3.27. The number of aliphatic hydroxyl groups is 2. The zero-order chi connectivity index (χ0) is 22.3. The van der Waals surface area contributed by atoms with Crippen LogP contribution in [0, 0.1) is 32.1 Å². The molecule has 0 spiro atoms. The van der Waals surface area contributed by atoms with E-state index in [1.54, 1.807) is 12.2 Å². The zero-order valence-corrected chi connectivity index (χ0v) is 16.3. The van der Waals surface area contributed by atoms with Gasteiger partial charge < -0.3 is 10.2 Å². The first-order valence-electron chi connectivity index (χ1n) is 9.38. The molecule has 0 unspecified atom stereocenters. The summed E-state index contributed by atoms with van der Waals surface area (Å²) in [6.07, 6.45) is 2.41. The highest BCUT2D eigenvalue weighted by molar-refractivity contribution is 5.35. The molecule has 0 aliphatic rings. The quantitative estimate of drug-likeness (QED) is 0.314. The summed E-state index contributed by atoms with van der Waals surface area (Å²) >= 11 is 0. The van der Waals surface area contributed by atoms with Crippen LogP contribution in [-0.2, 0) is 0 Å². The van der Waals surface area contributed by atoms with Gasteiger partial charge in [0.05, 0.1) is 22.1 Å². The first-order chi connectivity index (χ1) is 14.3. The van der Waals surface area contributed by atoms with Crippen LogP contribution >= 0.6 is 0 Å². The van der Waals surface area contributed by atoms with Crippen LogP contribution in [0.1, 0.15) is 36.2 Å².